The van der Waals surface area contributed by atoms with Gasteiger partial charge in [0.25, 0.3) is 5.91 Å². The van der Waals surface area contributed by atoms with Crippen LogP contribution in [0.15, 0.2) is 52.6 Å². The van der Waals surface area contributed by atoms with E-state index in [2.05, 4.69) is 27.3 Å². The molecule has 4 rings (SSSR count). The Morgan fingerprint density at radius 2 is 2.03 bits per heavy atom. The minimum Gasteiger partial charge on any atom is -0.317 e. The molecule has 3 aromatic rings. The van der Waals surface area contributed by atoms with Crippen LogP contribution in [-0.4, -0.2) is 10.5 Å². The zero-order valence-electron chi connectivity index (χ0n) is 16.0. The molecular formula is C23H17BrN4OS. The van der Waals surface area contributed by atoms with Crippen molar-refractivity contribution in [3.8, 4) is 17.8 Å². The van der Waals surface area contributed by atoms with Crippen LogP contribution in [0.25, 0.3) is 11.8 Å². The average molecular weight is 477 g/mol. The van der Waals surface area contributed by atoms with Gasteiger partial charge in [-0.3, -0.25) is 4.79 Å². The van der Waals surface area contributed by atoms with Crippen LogP contribution in [0.1, 0.15) is 34.5 Å². The fourth-order valence-corrected chi connectivity index (χ4v) is 5.23. The van der Waals surface area contributed by atoms with Gasteiger partial charge in [-0.2, -0.15) is 10.5 Å². The lowest BCUT2D eigenvalue weighted by atomic mass is 9.96. The maximum Gasteiger partial charge on any atom is 0.267 e. The molecule has 0 fully saturated rings. The molecular weight excluding hydrogens is 460 g/mol. The SMILES string of the molecule is N#C/C(=C\c1cccn1-c1cccc(Br)c1)C(=O)Nc1sc2c(c1C#N)CCCC2. The lowest BCUT2D eigenvalue weighted by Crippen LogP contribution is -2.13. The molecule has 2 heterocycles. The Balaban J connectivity index is 1.63. The molecule has 0 radical (unpaired) electrons. The summed E-state index contributed by atoms with van der Waals surface area (Å²) in [7, 11) is 0. The summed E-state index contributed by atoms with van der Waals surface area (Å²) in [5.41, 5.74) is 3.20. The number of hydrogen-bond donors (Lipinski definition) is 1. The maximum absolute atomic E-state index is 12.8. The number of fused-ring (bicyclic) bond motifs is 1. The van der Waals surface area contributed by atoms with E-state index in [1.54, 1.807) is 6.08 Å². The van der Waals surface area contributed by atoms with Gasteiger partial charge in [0.1, 0.15) is 22.7 Å². The first-order chi connectivity index (χ1) is 14.6. The van der Waals surface area contributed by atoms with Gasteiger partial charge in [-0.15, -0.1) is 11.3 Å². The van der Waals surface area contributed by atoms with Gasteiger partial charge in [-0.1, -0.05) is 22.0 Å². The highest BCUT2D eigenvalue weighted by Crippen LogP contribution is 2.37. The molecule has 5 nitrogen and oxygen atoms in total. The van der Waals surface area contributed by atoms with Crippen LogP contribution in [0.5, 0.6) is 0 Å². The number of benzene rings is 1. The second-order valence-electron chi connectivity index (χ2n) is 6.93. The molecule has 0 unspecified atom stereocenters. The minimum absolute atomic E-state index is 0.0137. The first kappa shape index (κ1) is 20.2. The summed E-state index contributed by atoms with van der Waals surface area (Å²) in [6.45, 7) is 0. The Morgan fingerprint density at radius 3 is 2.80 bits per heavy atom. The summed E-state index contributed by atoms with van der Waals surface area (Å²) < 4.78 is 2.84. The van der Waals surface area contributed by atoms with Gasteiger partial charge in [0.05, 0.1) is 5.56 Å². The van der Waals surface area contributed by atoms with Gasteiger partial charge in [-0.25, -0.2) is 0 Å². The van der Waals surface area contributed by atoms with E-state index >= 15 is 0 Å². The number of aryl methyl sites for hydroxylation is 1. The molecule has 30 heavy (non-hydrogen) atoms. The monoisotopic (exact) mass is 476 g/mol. The number of nitrogens with zero attached hydrogens (tertiary/aromatic N) is 3. The fraction of sp³-hybridized carbons (Fsp3) is 0.174. The van der Waals surface area contributed by atoms with E-state index in [0.29, 0.717) is 16.3 Å². The van der Waals surface area contributed by atoms with Gasteiger partial charge in [0, 0.05) is 26.9 Å². The van der Waals surface area contributed by atoms with E-state index in [9.17, 15) is 15.3 Å². The number of anilines is 1. The first-order valence-electron chi connectivity index (χ1n) is 9.52. The number of aromatic nitrogens is 1. The number of nitrogens with one attached hydrogen (secondary N) is 1. The van der Waals surface area contributed by atoms with E-state index in [4.69, 9.17) is 0 Å². The number of thiophene rings is 1. The van der Waals surface area contributed by atoms with Gasteiger partial charge < -0.3 is 9.88 Å². The van der Waals surface area contributed by atoms with E-state index in [1.807, 2.05) is 53.2 Å². The number of nitriles is 2. The molecule has 0 saturated carbocycles. The molecule has 1 amide bonds. The van der Waals surface area contributed by atoms with Crippen molar-refractivity contribution in [1.29, 1.82) is 10.5 Å². The summed E-state index contributed by atoms with van der Waals surface area (Å²) in [6, 6.07) is 15.7. The number of carbonyl (C=O) groups excluding carboxylic acids is 1. The van der Waals surface area contributed by atoms with Crippen molar-refractivity contribution in [2.75, 3.05) is 5.32 Å². The molecule has 0 atom stereocenters. The van der Waals surface area contributed by atoms with E-state index in [1.165, 1.54) is 16.2 Å². The first-order valence-corrected chi connectivity index (χ1v) is 11.1. The molecule has 1 aromatic carbocycles. The number of amides is 1. The van der Waals surface area contributed by atoms with Crippen molar-refractivity contribution in [1.82, 2.24) is 4.57 Å². The van der Waals surface area contributed by atoms with Crippen molar-refractivity contribution in [2.45, 2.75) is 25.7 Å². The zero-order valence-corrected chi connectivity index (χ0v) is 18.4. The summed E-state index contributed by atoms with van der Waals surface area (Å²) >= 11 is 4.92. The molecule has 148 valence electrons. The van der Waals surface area contributed by atoms with E-state index in [-0.39, 0.29) is 5.57 Å². The Hall–Kier alpha value is -3.13. The van der Waals surface area contributed by atoms with Crippen LogP contribution >= 0.6 is 27.3 Å². The van der Waals surface area contributed by atoms with Gasteiger partial charge >= 0.3 is 0 Å². The Bertz CT molecular complexity index is 1240. The van der Waals surface area contributed by atoms with Crippen molar-refractivity contribution in [3.63, 3.8) is 0 Å². The predicted octanol–water partition coefficient (Wildman–Crippen LogP) is 5.60. The zero-order chi connectivity index (χ0) is 21.1. The van der Waals surface area contributed by atoms with Crippen molar-refractivity contribution >= 4 is 44.3 Å². The number of rotatable bonds is 4. The van der Waals surface area contributed by atoms with Crippen LogP contribution < -0.4 is 5.32 Å². The topological polar surface area (TPSA) is 81.6 Å². The van der Waals surface area contributed by atoms with Crippen LogP contribution in [0.2, 0.25) is 0 Å². The highest BCUT2D eigenvalue weighted by atomic mass is 79.9. The number of carbonyl (C=O) groups is 1. The van der Waals surface area contributed by atoms with Crippen molar-refractivity contribution < 1.29 is 4.79 Å². The maximum atomic E-state index is 12.8. The molecule has 0 bridgehead atoms. The Kier molecular flexibility index (Phi) is 5.85. The molecule has 1 aliphatic carbocycles. The largest absolute Gasteiger partial charge is 0.317 e. The number of halogens is 1. The summed E-state index contributed by atoms with van der Waals surface area (Å²) in [6.07, 6.45) is 7.40. The van der Waals surface area contributed by atoms with Crippen molar-refractivity contribution in [2.24, 2.45) is 0 Å². The normalized spacial score (nSPS) is 13.2. The second-order valence-corrected chi connectivity index (χ2v) is 8.95. The average Bonchev–Trinajstić information content (AvgIpc) is 3.35. The highest BCUT2D eigenvalue weighted by Gasteiger charge is 2.22. The van der Waals surface area contributed by atoms with Crippen LogP contribution in [-0.2, 0) is 17.6 Å². The van der Waals surface area contributed by atoms with Gasteiger partial charge in [0.2, 0.25) is 0 Å². The standard InChI is InChI=1S/C23H17BrN4OS/c24-16-5-3-6-18(12-16)28-10-4-7-17(28)11-15(13-25)22(29)27-23-20(14-26)19-8-1-2-9-21(19)30-23/h3-7,10-12H,1-2,8-9H2,(H,27,29)/b15-11+. The quantitative estimate of drug-likeness (QED) is 0.393. The molecule has 0 aliphatic heterocycles. The van der Waals surface area contributed by atoms with Gasteiger partial charge in [0.15, 0.2) is 0 Å². The lowest BCUT2D eigenvalue weighted by Gasteiger charge is -2.09. The summed E-state index contributed by atoms with van der Waals surface area (Å²) in [5.74, 6) is -0.505. The van der Waals surface area contributed by atoms with Gasteiger partial charge in [-0.05, 0) is 67.7 Å². The predicted molar refractivity (Wildman–Crippen MR) is 121 cm³/mol. The molecule has 0 spiro atoms. The lowest BCUT2D eigenvalue weighted by molar-refractivity contribution is -0.112. The molecule has 7 heteroatoms. The number of hydrogen-bond acceptors (Lipinski definition) is 4. The molecule has 2 aromatic heterocycles. The third-order valence-electron chi connectivity index (χ3n) is 5.03. The molecule has 1 N–H and O–H groups in total. The van der Waals surface area contributed by atoms with E-state index < -0.39 is 5.91 Å². The fourth-order valence-electron chi connectivity index (χ4n) is 3.61. The van der Waals surface area contributed by atoms with E-state index in [0.717, 1.165) is 41.4 Å². The van der Waals surface area contributed by atoms with Crippen LogP contribution in [0.3, 0.4) is 0 Å². The Labute approximate surface area is 187 Å². The smallest absolute Gasteiger partial charge is 0.267 e. The van der Waals surface area contributed by atoms with Crippen molar-refractivity contribution in [3.05, 3.63) is 74.3 Å². The highest BCUT2D eigenvalue weighted by molar-refractivity contribution is 9.10. The van der Waals surface area contributed by atoms with Crippen LogP contribution in [0.4, 0.5) is 5.00 Å². The third-order valence-corrected chi connectivity index (χ3v) is 6.73. The third kappa shape index (κ3) is 3.95. The molecule has 1 aliphatic rings. The second kappa shape index (κ2) is 8.71. The Morgan fingerprint density at radius 1 is 1.20 bits per heavy atom. The van der Waals surface area contributed by atoms with Crippen LogP contribution in [0, 0.1) is 22.7 Å². The molecule has 0 saturated heterocycles. The summed E-state index contributed by atoms with van der Waals surface area (Å²) in [4.78, 5) is 14.0. The minimum atomic E-state index is -0.505. The summed E-state index contributed by atoms with van der Waals surface area (Å²) in [5, 5.41) is 22.5.